The number of fused-ring (bicyclic) bond motifs is 1. The Labute approximate surface area is 173 Å². The van der Waals surface area contributed by atoms with Crippen molar-refractivity contribution in [2.45, 2.75) is 12.5 Å². The fourth-order valence-corrected chi connectivity index (χ4v) is 3.95. The number of aromatic nitrogens is 5. The van der Waals surface area contributed by atoms with Crippen LogP contribution in [0.4, 0.5) is 5.82 Å². The zero-order valence-corrected chi connectivity index (χ0v) is 16.5. The van der Waals surface area contributed by atoms with Gasteiger partial charge in [0.2, 0.25) is 0 Å². The largest absolute Gasteiger partial charge is 0.352 e. The number of rotatable bonds is 4. The average molecular weight is 406 g/mol. The molecule has 1 aliphatic heterocycles. The van der Waals surface area contributed by atoms with E-state index in [-0.39, 0.29) is 0 Å². The van der Waals surface area contributed by atoms with E-state index in [1.165, 1.54) is 5.56 Å². The van der Waals surface area contributed by atoms with Gasteiger partial charge in [0.05, 0.1) is 11.7 Å². The van der Waals surface area contributed by atoms with E-state index in [4.69, 9.17) is 16.6 Å². The van der Waals surface area contributed by atoms with E-state index in [0.29, 0.717) is 17.0 Å². The molecular weight excluding hydrogens is 386 g/mol. The van der Waals surface area contributed by atoms with Crippen LogP contribution < -0.4 is 10.2 Å². The third kappa shape index (κ3) is 3.79. The highest BCUT2D eigenvalue weighted by Crippen LogP contribution is 2.26. The molecule has 1 aliphatic rings. The number of H-pyrrole nitrogens is 1. The first kappa shape index (κ1) is 18.0. The minimum absolute atomic E-state index is 0.366. The van der Waals surface area contributed by atoms with Crippen LogP contribution in [0.1, 0.15) is 5.56 Å². The van der Waals surface area contributed by atoms with Gasteiger partial charge in [-0.25, -0.2) is 4.98 Å². The Morgan fingerprint density at radius 3 is 2.93 bits per heavy atom. The second-order valence-electron chi connectivity index (χ2n) is 7.19. The van der Waals surface area contributed by atoms with Gasteiger partial charge in [-0.2, -0.15) is 10.2 Å². The summed E-state index contributed by atoms with van der Waals surface area (Å²) in [4.78, 5) is 7.05. The number of nitrogens with zero attached hydrogens (tertiary/aromatic N) is 5. The van der Waals surface area contributed by atoms with Crippen molar-refractivity contribution in [1.82, 2.24) is 30.7 Å². The number of halogens is 1. The maximum absolute atomic E-state index is 6.18. The number of nitrogens with one attached hydrogen (secondary N) is 2. The van der Waals surface area contributed by atoms with Gasteiger partial charge in [0, 0.05) is 36.6 Å². The van der Waals surface area contributed by atoms with E-state index in [0.717, 1.165) is 48.3 Å². The molecule has 0 spiro atoms. The Kier molecular flexibility index (Phi) is 4.83. The molecule has 146 valence electrons. The molecule has 29 heavy (non-hydrogen) atoms. The van der Waals surface area contributed by atoms with Crippen LogP contribution in [-0.4, -0.2) is 51.1 Å². The second-order valence-corrected chi connectivity index (χ2v) is 7.57. The zero-order chi connectivity index (χ0) is 19.6. The van der Waals surface area contributed by atoms with Crippen molar-refractivity contribution in [3.05, 3.63) is 65.4 Å². The third-order valence-electron chi connectivity index (χ3n) is 5.22. The number of piperazine rings is 1. The second kappa shape index (κ2) is 7.77. The van der Waals surface area contributed by atoms with Crippen LogP contribution >= 0.6 is 11.6 Å². The van der Waals surface area contributed by atoms with Crippen LogP contribution in [0.5, 0.6) is 0 Å². The van der Waals surface area contributed by atoms with E-state index < -0.39 is 0 Å². The molecule has 2 aromatic heterocycles. The van der Waals surface area contributed by atoms with Gasteiger partial charge in [-0.05, 0) is 30.2 Å². The van der Waals surface area contributed by atoms with Gasteiger partial charge in [0.15, 0.2) is 11.6 Å². The molecule has 0 unspecified atom stereocenters. The van der Waals surface area contributed by atoms with Crippen molar-refractivity contribution in [1.29, 1.82) is 0 Å². The average Bonchev–Trinajstić information content (AvgIpc) is 3.15. The summed E-state index contributed by atoms with van der Waals surface area (Å²) < 4.78 is 0. The van der Waals surface area contributed by atoms with E-state index in [1.807, 2.05) is 24.3 Å². The predicted octanol–water partition coefficient (Wildman–Crippen LogP) is 3.09. The van der Waals surface area contributed by atoms with Crippen LogP contribution in [0.15, 0.2) is 54.7 Å². The van der Waals surface area contributed by atoms with Gasteiger partial charge in [0.1, 0.15) is 5.15 Å². The quantitative estimate of drug-likeness (QED) is 0.543. The maximum atomic E-state index is 6.18. The minimum atomic E-state index is 0.366. The Morgan fingerprint density at radius 2 is 2.03 bits per heavy atom. The number of anilines is 1. The van der Waals surface area contributed by atoms with Gasteiger partial charge in [-0.1, -0.05) is 41.9 Å². The SMILES string of the molecule is Clc1[nH]nc2ccc(-c3nncc(N4CCN[C@@H](Cc5ccccc5)C4)n3)cc12. The van der Waals surface area contributed by atoms with E-state index >= 15 is 0 Å². The van der Waals surface area contributed by atoms with Gasteiger partial charge < -0.3 is 10.2 Å². The maximum Gasteiger partial charge on any atom is 0.183 e. The minimum Gasteiger partial charge on any atom is -0.352 e. The number of aromatic amines is 1. The molecule has 0 saturated carbocycles. The van der Waals surface area contributed by atoms with Crippen LogP contribution in [0.2, 0.25) is 5.15 Å². The van der Waals surface area contributed by atoms with Crippen LogP contribution in [0.25, 0.3) is 22.3 Å². The lowest BCUT2D eigenvalue weighted by Crippen LogP contribution is -2.52. The van der Waals surface area contributed by atoms with E-state index in [1.54, 1.807) is 6.20 Å². The predicted molar refractivity (Wildman–Crippen MR) is 114 cm³/mol. The Hall–Kier alpha value is -3.03. The summed E-state index contributed by atoms with van der Waals surface area (Å²) in [6.45, 7) is 2.67. The topological polar surface area (TPSA) is 82.6 Å². The van der Waals surface area contributed by atoms with Crippen LogP contribution in [0.3, 0.4) is 0 Å². The van der Waals surface area contributed by atoms with Crippen molar-refractivity contribution >= 4 is 28.3 Å². The Bertz CT molecular complexity index is 1130. The van der Waals surface area contributed by atoms with Crippen molar-refractivity contribution in [3.8, 4) is 11.4 Å². The molecule has 7 nitrogen and oxygen atoms in total. The summed E-state index contributed by atoms with van der Waals surface area (Å²) in [7, 11) is 0. The number of benzene rings is 2. The molecule has 0 radical (unpaired) electrons. The standard InChI is InChI=1S/C21H20ClN7/c22-20-17-11-15(6-7-18(17)26-27-20)21-25-19(12-24-28-21)29-9-8-23-16(13-29)10-14-4-2-1-3-5-14/h1-7,11-12,16,23H,8-10,13H2,(H,26,27)/t16-/m0/s1. The zero-order valence-electron chi connectivity index (χ0n) is 15.7. The summed E-state index contributed by atoms with van der Waals surface area (Å²) in [5.74, 6) is 1.42. The van der Waals surface area contributed by atoms with Crippen molar-refractivity contribution in [2.24, 2.45) is 0 Å². The molecule has 0 bridgehead atoms. The highest BCUT2D eigenvalue weighted by Gasteiger charge is 2.21. The summed E-state index contributed by atoms with van der Waals surface area (Å²) in [6, 6.07) is 16.7. The van der Waals surface area contributed by atoms with Gasteiger partial charge >= 0.3 is 0 Å². The number of hydrogen-bond acceptors (Lipinski definition) is 6. The molecule has 2 N–H and O–H groups in total. The Morgan fingerprint density at radius 1 is 1.14 bits per heavy atom. The van der Waals surface area contributed by atoms with Gasteiger partial charge in [-0.15, -0.1) is 5.10 Å². The summed E-state index contributed by atoms with van der Waals surface area (Å²) in [6.07, 6.45) is 2.72. The van der Waals surface area contributed by atoms with E-state index in [9.17, 15) is 0 Å². The fourth-order valence-electron chi connectivity index (χ4n) is 3.76. The summed E-state index contributed by atoms with van der Waals surface area (Å²) >= 11 is 6.18. The highest BCUT2D eigenvalue weighted by molar-refractivity contribution is 6.34. The molecular formula is C21H20ClN7. The highest BCUT2D eigenvalue weighted by atomic mass is 35.5. The molecule has 0 amide bonds. The molecule has 4 aromatic rings. The van der Waals surface area contributed by atoms with Crippen molar-refractivity contribution in [3.63, 3.8) is 0 Å². The van der Waals surface area contributed by atoms with Crippen LogP contribution in [0, 0.1) is 0 Å². The molecule has 5 rings (SSSR count). The molecule has 2 aromatic carbocycles. The lowest BCUT2D eigenvalue weighted by molar-refractivity contribution is 0.452. The molecule has 0 aliphatic carbocycles. The first-order valence-electron chi connectivity index (χ1n) is 9.62. The molecule has 1 saturated heterocycles. The smallest absolute Gasteiger partial charge is 0.183 e. The summed E-state index contributed by atoms with van der Waals surface area (Å²) in [5.41, 5.74) is 3.01. The molecule has 1 atom stereocenters. The lowest BCUT2D eigenvalue weighted by Gasteiger charge is -2.34. The van der Waals surface area contributed by atoms with E-state index in [2.05, 4.69) is 54.9 Å². The molecule has 3 heterocycles. The van der Waals surface area contributed by atoms with Crippen molar-refractivity contribution < 1.29 is 0 Å². The first-order valence-corrected chi connectivity index (χ1v) is 10.00. The summed E-state index contributed by atoms with van der Waals surface area (Å²) in [5, 5.41) is 20.4. The lowest BCUT2D eigenvalue weighted by atomic mass is 10.0. The number of hydrogen-bond donors (Lipinski definition) is 2. The third-order valence-corrected chi connectivity index (χ3v) is 5.50. The fraction of sp³-hybridized carbons (Fsp3) is 0.238. The molecule has 1 fully saturated rings. The van der Waals surface area contributed by atoms with Gasteiger partial charge in [0.25, 0.3) is 0 Å². The normalized spacial score (nSPS) is 17.0. The molecule has 8 heteroatoms. The first-order chi connectivity index (χ1) is 14.3. The monoisotopic (exact) mass is 405 g/mol. The Balaban J connectivity index is 1.37. The van der Waals surface area contributed by atoms with Crippen LogP contribution in [-0.2, 0) is 6.42 Å². The van der Waals surface area contributed by atoms with Gasteiger partial charge in [-0.3, -0.25) is 5.10 Å². The van der Waals surface area contributed by atoms with Crippen molar-refractivity contribution in [2.75, 3.05) is 24.5 Å².